The molecule has 0 amide bonds. The van der Waals surface area contributed by atoms with Gasteiger partial charge in [-0.1, -0.05) is 13.3 Å². The Hall–Kier alpha value is -1.32. The van der Waals surface area contributed by atoms with Crippen LogP contribution in [0.4, 0.5) is 11.6 Å². The third kappa shape index (κ3) is 1.78. The summed E-state index contributed by atoms with van der Waals surface area (Å²) in [6, 6.07) is 0. The highest BCUT2D eigenvalue weighted by atomic mass is 15.3. The molecule has 0 saturated carbocycles. The minimum atomic E-state index is 0.624. The normalized spacial score (nSPS) is 16.8. The third-order valence-electron chi connectivity index (χ3n) is 2.60. The third-order valence-corrected chi connectivity index (χ3v) is 2.60. The van der Waals surface area contributed by atoms with E-state index in [1.165, 1.54) is 12.8 Å². The molecule has 1 aliphatic rings. The summed E-state index contributed by atoms with van der Waals surface area (Å²) < 4.78 is 0. The zero-order valence-electron chi connectivity index (χ0n) is 8.48. The fourth-order valence-corrected chi connectivity index (χ4v) is 1.82. The molecule has 2 N–H and O–H groups in total. The molecule has 4 heteroatoms. The van der Waals surface area contributed by atoms with Crippen LogP contribution in [0.15, 0.2) is 12.4 Å². The molecule has 4 nitrogen and oxygen atoms in total. The van der Waals surface area contributed by atoms with Gasteiger partial charge in [0.05, 0.1) is 18.1 Å². The summed E-state index contributed by atoms with van der Waals surface area (Å²) in [7, 11) is 0. The molecular weight excluding hydrogens is 176 g/mol. The van der Waals surface area contributed by atoms with E-state index in [0.29, 0.717) is 5.69 Å². The van der Waals surface area contributed by atoms with Crippen LogP contribution >= 0.6 is 0 Å². The number of nitrogen functional groups attached to an aromatic ring is 1. The van der Waals surface area contributed by atoms with Gasteiger partial charge in [-0.2, -0.15) is 0 Å². The monoisotopic (exact) mass is 192 g/mol. The summed E-state index contributed by atoms with van der Waals surface area (Å²) in [4.78, 5) is 10.6. The van der Waals surface area contributed by atoms with Gasteiger partial charge in [0.2, 0.25) is 5.95 Å². The zero-order chi connectivity index (χ0) is 9.97. The predicted molar refractivity (Wildman–Crippen MR) is 57.1 cm³/mol. The highest BCUT2D eigenvalue weighted by Crippen LogP contribution is 2.24. The predicted octanol–water partition coefficient (Wildman–Crippen LogP) is 1.30. The number of anilines is 2. The van der Waals surface area contributed by atoms with Crippen molar-refractivity contribution in [2.45, 2.75) is 19.8 Å². The Morgan fingerprint density at radius 3 is 2.64 bits per heavy atom. The first kappa shape index (κ1) is 9.24. The Bertz CT molecular complexity index is 289. The first-order valence-electron chi connectivity index (χ1n) is 5.12. The molecular formula is C10H16N4. The molecule has 1 saturated heterocycles. The Morgan fingerprint density at radius 2 is 2.07 bits per heavy atom. The van der Waals surface area contributed by atoms with Gasteiger partial charge in [0.1, 0.15) is 0 Å². The second-order valence-corrected chi connectivity index (χ2v) is 3.88. The molecule has 14 heavy (non-hydrogen) atoms. The molecule has 0 unspecified atom stereocenters. The van der Waals surface area contributed by atoms with Gasteiger partial charge in [-0.25, -0.2) is 9.97 Å². The number of nitrogens with zero attached hydrogens (tertiary/aromatic N) is 3. The largest absolute Gasteiger partial charge is 0.396 e. The lowest BCUT2D eigenvalue weighted by Gasteiger charge is -2.39. The smallest absolute Gasteiger partial charge is 0.225 e. The molecule has 1 aromatic rings. The van der Waals surface area contributed by atoms with Crippen LogP contribution in [0.25, 0.3) is 0 Å². The summed E-state index contributed by atoms with van der Waals surface area (Å²) in [6.45, 7) is 4.41. The van der Waals surface area contributed by atoms with E-state index in [-0.39, 0.29) is 0 Å². The van der Waals surface area contributed by atoms with Crippen molar-refractivity contribution < 1.29 is 0 Å². The molecule has 0 bridgehead atoms. The van der Waals surface area contributed by atoms with E-state index in [1.54, 1.807) is 12.4 Å². The van der Waals surface area contributed by atoms with Crippen molar-refractivity contribution in [2.75, 3.05) is 23.7 Å². The van der Waals surface area contributed by atoms with E-state index in [0.717, 1.165) is 25.0 Å². The van der Waals surface area contributed by atoms with Crippen molar-refractivity contribution in [1.82, 2.24) is 9.97 Å². The average molecular weight is 192 g/mol. The van der Waals surface area contributed by atoms with E-state index in [1.807, 2.05) is 0 Å². The summed E-state index contributed by atoms with van der Waals surface area (Å²) in [5, 5.41) is 0. The Morgan fingerprint density at radius 1 is 1.43 bits per heavy atom. The molecule has 1 aliphatic heterocycles. The average Bonchev–Trinajstić information content (AvgIpc) is 2.13. The first-order valence-corrected chi connectivity index (χ1v) is 5.12. The van der Waals surface area contributed by atoms with Gasteiger partial charge in [0.25, 0.3) is 0 Å². The van der Waals surface area contributed by atoms with Gasteiger partial charge in [-0.3, -0.25) is 0 Å². The van der Waals surface area contributed by atoms with Crippen molar-refractivity contribution in [3.05, 3.63) is 12.4 Å². The fourth-order valence-electron chi connectivity index (χ4n) is 1.82. The van der Waals surface area contributed by atoms with E-state index in [2.05, 4.69) is 21.8 Å². The molecule has 0 aromatic carbocycles. The number of rotatable bonds is 3. The van der Waals surface area contributed by atoms with Crippen LogP contribution in [0.5, 0.6) is 0 Å². The van der Waals surface area contributed by atoms with E-state index in [4.69, 9.17) is 5.73 Å². The lowest BCUT2D eigenvalue weighted by Crippen LogP contribution is -2.47. The SMILES string of the molecule is CCCC1CN(c2ncc(N)cn2)C1. The molecule has 1 fully saturated rings. The maximum atomic E-state index is 5.52. The Balaban J connectivity index is 1.90. The molecule has 0 atom stereocenters. The van der Waals surface area contributed by atoms with Gasteiger partial charge in [0, 0.05) is 13.1 Å². The molecule has 76 valence electrons. The summed E-state index contributed by atoms with van der Waals surface area (Å²) in [5.41, 5.74) is 6.14. The van der Waals surface area contributed by atoms with Crippen LogP contribution in [-0.2, 0) is 0 Å². The molecule has 0 radical (unpaired) electrons. The van der Waals surface area contributed by atoms with Crippen LogP contribution in [0.1, 0.15) is 19.8 Å². The molecule has 1 aromatic heterocycles. The van der Waals surface area contributed by atoms with Crippen molar-refractivity contribution in [3.63, 3.8) is 0 Å². The van der Waals surface area contributed by atoms with E-state index >= 15 is 0 Å². The minimum absolute atomic E-state index is 0.624. The maximum Gasteiger partial charge on any atom is 0.225 e. The summed E-state index contributed by atoms with van der Waals surface area (Å²) >= 11 is 0. The topological polar surface area (TPSA) is 55.0 Å². The fraction of sp³-hybridized carbons (Fsp3) is 0.600. The zero-order valence-corrected chi connectivity index (χ0v) is 8.48. The van der Waals surface area contributed by atoms with Crippen LogP contribution in [0.2, 0.25) is 0 Å². The second-order valence-electron chi connectivity index (χ2n) is 3.88. The number of nitrogens with two attached hydrogens (primary N) is 1. The maximum absolute atomic E-state index is 5.52. The molecule has 0 aliphatic carbocycles. The van der Waals surface area contributed by atoms with Gasteiger partial charge >= 0.3 is 0 Å². The van der Waals surface area contributed by atoms with Gasteiger partial charge in [-0.05, 0) is 12.3 Å². The molecule has 0 spiro atoms. The molecule has 2 rings (SSSR count). The minimum Gasteiger partial charge on any atom is -0.396 e. The van der Waals surface area contributed by atoms with Crippen LogP contribution in [0.3, 0.4) is 0 Å². The summed E-state index contributed by atoms with van der Waals surface area (Å²) in [5.74, 6) is 1.65. The number of hydrogen-bond acceptors (Lipinski definition) is 4. The second kappa shape index (κ2) is 3.82. The van der Waals surface area contributed by atoms with Crippen molar-refractivity contribution in [3.8, 4) is 0 Å². The van der Waals surface area contributed by atoms with Gasteiger partial charge in [-0.15, -0.1) is 0 Å². The van der Waals surface area contributed by atoms with Crippen molar-refractivity contribution in [1.29, 1.82) is 0 Å². The van der Waals surface area contributed by atoms with Gasteiger partial charge in [0.15, 0.2) is 0 Å². The van der Waals surface area contributed by atoms with Crippen LogP contribution in [-0.4, -0.2) is 23.1 Å². The Kier molecular flexibility index (Phi) is 2.52. The molecule has 2 heterocycles. The highest BCUT2D eigenvalue weighted by molar-refractivity contribution is 5.39. The van der Waals surface area contributed by atoms with Crippen LogP contribution in [0, 0.1) is 5.92 Å². The summed E-state index contributed by atoms with van der Waals surface area (Å²) in [6.07, 6.45) is 5.90. The van der Waals surface area contributed by atoms with Crippen molar-refractivity contribution >= 4 is 11.6 Å². The standard InChI is InChI=1S/C10H16N4/c1-2-3-8-6-14(7-8)10-12-4-9(11)5-13-10/h4-5,8H,2-3,6-7,11H2,1H3. The van der Waals surface area contributed by atoms with Crippen molar-refractivity contribution in [2.24, 2.45) is 5.92 Å². The lowest BCUT2D eigenvalue weighted by atomic mass is 9.96. The lowest BCUT2D eigenvalue weighted by molar-refractivity contribution is 0.375. The Labute approximate surface area is 84.2 Å². The van der Waals surface area contributed by atoms with E-state index in [9.17, 15) is 0 Å². The quantitative estimate of drug-likeness (QED) is 0.784. The highest BCUT2D eigenvalue weighted by Gasteiger charge is 2.27. The number of aromatic nitrogens is 2. The van der Waals surface area contributed by atoms with Gasteiger partial charge < -0.3 is 10.6 Å². The van der Waals surface area contributed by atoms with E-state index < -0.39 is 0 Å². The number of hydrogen-bond donors (Lipinski definition) is 1. The van der Waals surface area contributed by atoms with Crippen LogP contribution < -0.4 is 10.6 Å². The first-order chi connectivity index (χ1) is 6.79.